The van der Waals surface area contributed by atoms with Gasteiger partial charge in [0.1, 0.15) is 11.9 Å². The zero-order valence-corrected chi connectivity index (χ0v) is 8.28. The minimum atomic E-state index is -0.758. The highest BCUT2D eigenvalue weighted by molar-refractivity contribution is 7.06. The summed E-state index contributed by atoms with van der Waals surface area (Å²) < 4.78 is 8.90. The van der Waals surface area contributed by atoms with E-state index in [1.54, 1.807) is 18.5 Å². The minimum absolute atomic E-state index is 0.510. The lowest BCUT2D eigenvalue weighted by molar-refractivity contribution is 0.214. The molecule has 0 aliphatic heterocycles. The molecule has 1 unspecified atom stereocenters. The number of nitrogens with one attached hydrogen (secondary N) is 1. The lowest BCUT2D eigenvalue weighted by Gasteiger charge is -2.02. The molecule has 0 saturated carbocycles. The Labute approximate surface area is 84.6 Å². The number of H-pyrrole nitrogens is 1. The van der Waals surface area contributed by atoms with Gasteiger partial charge in [-0.2, -0.15) is 4.37 Å². The van der Waals surface area contributed by atoms with Crippen LogP contribution < -0.4 is 4.74 Å². The first-order valence-electron chi connectivity index (χ1n) is 3.99. The molecule has 6 heteroatoms. The lowest BCUT2D eigenvalue weighted by Crippen LogP contribution is -1.98. The Kier molecular flexibility index (Phi) is 2.47. The molecule has 0 aliphatic carbocycles. The zero-order chi connectivity index (χ0) is 9.97. The highest BCUT2D eigenvalue weighted by Gasteiger charge is 2.16. The molecule has 0 spiro atoms. The van der Waals surface area contributed by atoms with Gasteiger partial charge in [-0.3, -0.25) is 0 Å². The zero-order valence-electron chi connectivity index (χ0n) is 7.47. The lowest BCUT2D eigenvalue weighted by atomic mass is 10.3. The highest BCUT2D eigenvalue weighted by atomic mass is 32.1. The molecule has 2 aromatic rings. The summed E-state index contributed by atoms with van der Waals surface area (Å²) in [5.41, 5.74) is 0. The van der Waals surface area contributed by atoms with Crippen molar-refractivity contribution >= 4 is 11.5 Å². The third-order valence-corrected chi connectivity index (χ3v) is 2.59. The smallest absolute Gasteiger partial charge is 0.225 e. The summed E-state index contributed by atoms with van der Waals surface area (Å²) in [5.74, 6) is 1.02. The topological polar surface area (TPSA) is 71.0 Å². The summed E-state index contributed by atoms with van der Waals surface area (Å²) in [5, 5.41) is 9.81. The molecule has 0 fully saturated rings. The van der Waals surface area contributed by atoms with Gasteiger partial charge in [0.2, 0.25) is 5.88 Å². The molecule has 2 aromatic heterocycles. The van der Waals surface area contributed by atoms with Crippen LogP contribution in [0.5, 0.6) is 5.88 Å². The van der Waals surface area contributed by atoms with E-state index in [1.165, 1.54) is 18.6 Å². The summed E-state index contributed by atoms with van der Waals surface area (Å²) in [6.07, 6.45) is 2.50. The molecule has 0 aliphatic rings. The SMILES string of the molecule is COc1cc(C(O)c2ncc[nH]2)sn1. The van der Waals surface area contributed by atoms with Gasteiger partial charge in [0.05, 0.1) is 12.0 Å². The Balaban J connectivity index is 2.23. The number of methoxy groups -OCH3 is 1. The number of nitrogens with zero attached hydrogens (tertiary/aromatic N) is 2. The van der Waals surface area contributed by atoms with Gasteiger partial charge in [-0.25, -0.2) is 4.98 Å². The van der Waals surface area contributed by atoms with Crippen LogP contribution in [0.4, 0.5) is 0 Å². The molecule has 0 saturated heterocycles. The van der Waals surface area contributed by atoms with Crippen molar-refractivity contribution in [1.29, 1.82) is 0 Å². The van der Waals surface area contributed by atoms with E-state index in [1.807, 2.05) is 0 Å². The Morgan fingerprint density at radius 2 is 2.50 bits per heavy atom. The molecule has 0 radical (unpaired) electrons. The summed E-state index contributed by atoms with van der Waals surface area (Å²) in [6.45, 7) is 0. The van der Waals surface area contributed by atoms with Gasteiger partial charge in [-0.05, 0) is 11.5 Å². The molecule has 2 N–H and O–H groups in total. The van der Waals surface area contributed by atoms with Crippen molar-refractivity contribution in [3.05, 3.63) is 29.2 Å². The second kappa shape index (κ2) is 3.77. The third kappa shape index (κ3) is 1.61. The predicted molar refractivity (Wildman–Crippen MR) is 51.3 cm³/mol. The first kappa shape index (κ1) is 9.17. The fraction of sp³-hybridized carbons (Fsp3) is 0.250. The van der Waals surface area contributed by atoms with Crippen LogP contribution in [0.1, 0.15) is 16.8 Å². The number of rotatable bonds is 3. The maximum Gasteiger partial charge on any atom is 0.225 e. The van der Waals surface area contributed by atoms with Crippen LogP contribution in [0.3, 0.4) is 0 Å². The largest absolute Gasteiger partial charge is 0.480 e. The van der Waals surface area contributed by atoms with Crippen LogP contribution in [0.15, 0.2) is 18.5 Å². The molecule has 2 rings (SSSR count). The molecule has 5 nitrogen and oxygen atoms in total. The molecule has 1 atom stereocenters. The number of hydrogen-bond acceptors (Lipinski definition) is 5. The van der Waals surface area contributed by atoms with Gasteiger partial charge in [-0.1, -0.05) is 0 Å². The molecule has 0 aromatic carbocycles. The van der Waals surface area contributed by atoms with Crippen molar-refractivity contribution in [2.75, 3.05) is 7.11 Å². The van der Waals surface area contributed by atoms with Crippen LogP contribution >= 0.6 is 11.5 Å². The maximum atomic E-state index is 9.81. The van der Waals surface area contributed by atoms with E-state index >= 15 is 0 Å². The van der Waals surface area contributed by atoms with E-state index in [-0.39, 0.29) is 0 Å². The first-order valence-corrected chi connectivity index (χ1v) is 4.76. The van der Waals surface area contributed by atoms with Crippen LogP contribution in [0.25, 0.3) is 0 Å². The minimum Gasteiger partial charge on any atom is -0.480 e. The number of imidazole rings is 1. The number of ether oxygens (including phenoxy) is 1. The Bertz CT molecular complexity index is 398. The van der Waals surface area contributed by atoms with Crippen molar-refractivity contribution in [3.63, 3.8) is 0 Å². The van der Waals surface area contributed by atoms with Gasteiger partial charge in [0.15, 0.2) is 0 Å². The second-order valence-corrected chi connectivity index (χ2v) is 3.49. The summed E-state index contributed by atoms with van der Waals surface area (Å²) >= 11 is 1.20. The van der Waals surface area contributed by atoms with E-state index in [4.69, 9.17) is 4.74 Å². The Hall–Kier alpha value is -1.40. The Morgan fingerprint density at radius 3 is 3.07 bits per heavy atom. The van der Waals surface area contributed by atoms with E-state index in [9.17, 15) is 5.11 Å². The van der Waals surface area contributed by atoms with E-state index < -0.39 is 6.10 Å². The van der Waals surface area contributed by atoms with Crippen LogP contribution in [-0.2, 0) is 0 Å². The van der Waals surface area contributed by atoms with Gasteiger partial charge < -0.3 is 14.8 Å². The molecule has 2 heterocycles. The van der Waals surface area contributed by atoms with Crippen molar-refractivity contribution < 1.29 is 9.84 Å². The van der Waals surface area contributed by atoms with Gasteiger partial charge >= 0.3 is 0 Å². The monoisotopic (exact) mass is 211 g/mol. The van der Waals surface area contributed by atoms with Crippen molar-refractivity contribution in [2.24, 2.45) is 0 Å². The normalized spacial score (nSPS) is 12.7. The van der Waals surface area contributed by atoms with E-state index in [0.717, 1.165) is 0 Å². The number of aliphatic hydroxyl groups excluding tert-OH is 1. The van der Waals surface area contributed by atoms with Gasteiger partial charge in [0, 0.05) is 18.5 Å². The number of aromatic amines is 1. The summed E-state index contributed by atoms with van der Waals surface area (Å²) in [7, 11) is 1.54. The first-order chi connectivity index (χ1) is 6.81. The quantitative estimate of drug-likeness (QED) is 0.793. The fourth-order valence-corrected chi connectivity index (χ4v) is 1.75. The standard InChI is InChI=1S/C8H9N3O2S/c1-13-6-4-5(14-11-6)7(12)8-9-2-3-10-8/h2-4,7,12H,1H3,(H,9,10). The van der Waals surface area contributed by atoms with Crippen molar-refractivity contribution in [1.82, 2.24) is 14.3 Å². The number of aromatic nitrogens is 3. The van der Waals surface area contributed by atoms with Crippen LogP contribution in [0.2, 0.25) is 0 Å². The van der Waals surface area contributed by atoms with Crippen molar-refractivity contribution in [2.45, 2.75) is 6.10 Å². The number of hydrogen-bond donors (Lipinski definition) is 2. The molecule has 14 heavy (non-hydrogen) atoms. The molecular formula is C8H9N3O2S. The average Bonchev–Trinajstić information content (AvgIpc) is 2.88. The van der Waals surface area contributed by atoms with Crippen molar-refractivity contribution in [3.8, 4) is 5.88 Å². The predicted octanol–water partition coefficient (Wildman–Crippen LogP) is 0.956. The molecule has 74 valence electrons. The highest BCUT2D eigenvalue weighted by Crippen LogP contribution is 2.26. The Morgan fingerprint density at radius 1 is 1.64 bits per heavy atom. The van der Waals surface area contributed by atoms with E-state index in [2.05, 4.69) is 14.3 Å². The molecular weight excluding hydrogens is 202 g/mol. The van der Waals surface area contributed by atoms with Crippen LogP contribution in [-0.4, -0.2) is 26.6 Å². The fourth-order valence-electron chi connectivity index (χ4n) is 1.06. The number of aliphatic hydroxyl groups is 1. The molecule has 0 amide bonds. The molecule has 0 bridgehead atoms. The average molecular weight is 211 g/mol. The van der Waals surface area contributed by atoms with E-state index in [0.29, 0.717) is 16.6 Å². The summed E-state index contributed by atoms with van der Waals surface area (Å²) in [4.78, 5) is 7.51. The third-order valence-electron chi connectivity index (χ3n) is 1.76. The second-order valence-electron chi connectivity index (χ2n) is 2.65. The van der Waals surface area contributed by atoms with Gasteiger partial charge in [0.25, 0.3) is 0 Å². The van der Waals surface area contributed by atoms with Gasteiger partial charge in [-0.15, -0.1) is 0 Å². The van der Waals surface area contributed by atoms with Crippen LogP contribution in [0, 0.1) is 0 Å². The summed E-state index contributed by atoms with van der Waals surface area (Å²) in [6, 6.07) is 1.69. The maximum absolute atomic E-state index is 9.81.